The van der Waals surface area contributed by atoms with Gasteiger partial charge in [-0.25, -0.2) is 4.79 Å². The minimum absolute atomic E-state index is 0.125. The second-order valence-electron chi connectivity index (χ2n) is 8.07. The van der Waals surface area contributed by atoms with E-state index in [4.69, 9.17) is 4.42 Å². The third kappa shape index (κ3) is 3.50. The summed E-state index contributed by atoms with van der Waals surface area (Å²) in [4.78, 5) is 27.5. The van der Waals surface area contributed by atoms with E-state index in [2.05, 4.69) is 24.3 Å². The molecule has 0 radical (unpaired) electrons. The lowest BCUT2D eigenvalue weighted by atomic mass is 9.90. The normalized spacial score (nSPS) is 15.0. The SMILES string of the molecule is O=C(c1cc2c(ccc3ccccc32)oc1=O)N1CCC(Cc2ccccc2)CC1. The Morgan fingerprint density at radius 2 is 1.63 bits per heavy atom. The summed E-state index contributed by atoms with van der Waals surface area (Å²) in [5.74, 6) is 0.338. The summed E-state index contributed by atoms with van der Waals surface area (Å²) < 4.78 is 5.51. The number of carbonyl (C=O) groups is 1. The van der Waals surface area contributed by atoms with Crippen LogP contribution < -0.4 is 5.63 Å². The van der Waals surface area contributed by atoms with Crippen molar-refractivity contribution < 1.29 is 9.21 Å². The van der Waals surface area contributed by atoms with Gasteiger partial charge in [0.25, 0.3) is 5.91 Å². The summed E-state index contributed by atoms with van der Waals surface area (Å²) in [7, 11) is 0. The van der Waals surface area contributed by atoms with Gasteiger partial charge in [-0.15, -0.1) is 0 Å². The summed E-state index contributed by atoms with van der Waals surface area (Å²) in [6.45, 7) is 1.34. The van der Waals surface area contributed by atoms with Crippen LogP contribution in [0.2, 0.25) is 0 Å². The second kappa shape index (κ2) is 7.79. The number of carbonyl (C=O) groups excluding carboxylic acids is 1. The van der Waals surface area contributed by atoms with Crippen LogP contribution in [0.25, 0.3) is 21.7 Å². The summed E-state index contributed by atoms with van der Waals surface area (Å²) in [5.41, 5.74) is 1.41. The largest absolute Gasteiger partial charge is 0.422 e. The number of nitrogens with zero attached hydrogens (tertiary/aromatic N) is 1. The van der Waals surface area contributed by atoms with Gasteiger partial charge in [-0.2, -0.15) is 0 Å². The van der Waals surface area contributed by atoms with Crippen LogP contribution in [0.5, 0.6) is 0 Å². The van der Waals surface area contributed by atoms with E-state index >= 15 is 0 Å². The topological polar surface area (TPSA) is 50.5 Å². The number of benzene rings is 3. The Morgan fingerprint density at radius 3 is 2.43 bits per heavy atom. The molecule has 0 bridgehead atoms. The van der Waals surface area contributed by atoms with Crippen LogP contribution in [0, 0.1) is 5.92 Å². The van der Waals surface area contributed by atoms with E-state index < -0.39 is 5.63 Å². The van der Waals surface area contributed by atoms with Gasteiger partial charge in [0, 0.05) is 18.5 Å². The number of fused-ring (bicyclic) bond motifs is 3. The molecule has 150 valence electrons. The van der Waals surface area contributed by atoms with E-state index in [1.165, 1.54) is 5.56 Å². The van der Waals surface area contributed by atoms with Crippen LogP contribution in [0.15, 0.2) is 82.0 Å². The van der Waals surface area contributed by atoms with E-state index in [9.17, 15) is 9.59 Å². The Kier molecular flexibility index (Phi) is 4.83. The molecule has 4 nitrogen and oxygen atoms in total. The lowest BCUT2D eigenvalue weighted by molar-refractivity contribution is 0.0686. The number of likely N-dealkylation sites (tertiary alicyclic amines) is 1. The molecule has 1 saturated heterocycles. The van der Waals surface area contributed by atoms with E-state index in [-0.39, 0.29) is 11.5 Å². The predicted molar refractivity (Wildman–Crippen MR) is 119 cm³/mol. The van der Waals surface area contributed by atoms with Crippen molar-refractivity contribution in [2.45, 2.75) is 19.3 Å². The lowest BCUT2D eigenvalue weighted by Crippen LogP contribution is -2.40. The van der Waals surface area contributed by atoms with Gasteiger partial charge in [0.15, 0.2) is 0 Å². The Balaban J connectivity index is 1.38. The van der Waals surface area contributed by atoms with Crippen molar-refractivity contribution in [3.05, 3.63) is 94.3 Å². The zero-order valence-electron chi connectivity index (χ0n) is 16.7. The van der Waals surface area contributed by atoms with Gasteiger partial charge in [-0.1, -0.05) is 60.7 Å². The molecule has 1 aliphatic rings. The maximum atomic E-state index is 13.1. The molecule has 4 heteroatoms. The molecule has 0 N–H and O–H groups in total. The van der Waals surface area contributed by atoms with E-state index in [1.807, 2.05) is 36.4 Å². The van der Waals surface area contributed by atoms with Crippen molar-refractivity contribution in [2.24, 2.45) is 5.92 Å². The molecule has 5 rings (SSSR count). The van der Waals surface area contributed by atoms with Crippen LogP contribution in [-0.4, -0.2) is 23.9 Å². The monoisotopic (exact) mass is 397 g/mol. The van der Waals surface area contributed by atoms with Crippen molar-refractivity contribution in [2.75, 3.05) is 13.1 Å². The van der Waals surface area contributed by atoms with Gasteiger partial charge in [-0.05, 0) is 53.6 Å². The molecule has 0 spiro atoms. The van der Waals surface area contributed by atoms with Crippen LogP contribution in [0.4, 0.5) is 0 Å². The molecule has 30 heavy (non-hydrogen) atoms. The third-order valence-corrected chi connectivity index (χ3v) is 6.14. The minimum atomic E-state index is -0.561. The molecule has 1 aromatic heterocycles. The highest BCUT2D eigenvalue weighted by Crippen LogP contribution is 2.26. The van der Waals surface area contributed by atoms with Gasteiger partial charge in [0.2, 0.25) is 0 Å². The Bertz CT molecular complexity index is 1270. The molecule has 1 aliphatic heterocycles. The number of amides is 1. The fourth-order valence-corrected chi connectivity index (χ4v) is 4.48. The van der Waals surface area contributed by atoms with Gasteiger partial charge >= 0.3 is 5.63 Å². The average molecular weight is 397 g/mol. The summed E-state index contributed by atoms with van der Waals surface area (Å²) >= 11 is 0. The standard InChI is InChI=1S/C26H23NO3/c28-25(27-14-12-19(13-15-27)16-18-6-2-1-3-7-18)23-17-22-21-9-5-4-8-20(21)10-11-24(22)30-26(23)29/h1-11,17,19H,12-16H2. The zero-order chi connectivity index (χ0) is 20.5. The van der Waals surface area contributed by atoms with Crippen LogP contribution >= 0.6 is 0 Å². The molecule has 0 aliphatic carbocycles. The van der Waals surface area contributed by atoms with E-state index in [1.54, 1.807) is 17.0 Å². The Morgan fingerprint density at radius 1 is 0.900 bits per heavy atom. The molecule has 3 aromatic carbocycles. The summed E-state index contributed by atoms with van der Waals surface area (Å²) in [6, 6.07) is 23.8. The lowest BCUT2D eigenvalue weighted by Gasteiger charge is -2.32. The highest BCUT2D eigenvalue weighted by atomic mass is 16.4. The maximum absolute atomic E-state index is 13.1. The van der Waals surface area contributed by atoms with Crippen LogP contribution in [-0.2, 0) is 6.42 Å². The Hall–Kier alpha value is -3.40. The third-order valence-electron chi connectivity index (χ3n) is 6.14. The van der Waals surface area contributed by atoms with E-state index in [0.29, 0.717) is 24.6 Å². The highest BCUT2D eigenvalue weighted by molar-refractivity contribution is 6.07. The van der Waals surface area contributed by atoms with Crippen LogP contribution in [0.1, 0.15) is 28.8 Å². The molecule has 2 heterocycles. The zero-order valence-corrected chi connectivity index (χ0v) is 16.7. The van der Waals surface area contributed by atoms with Gasteiger partial charge < -0.3 is 9.32 Å². The molecule has 0 unspecified atom stereocenters. The predicted octanol–water partition coefficient (Wildman–Crippen LogP) is 5.04. The van der Waals surface area contributed by atoms with E-state index in [0.717, 1.165) is 35.4 Å². The average Bonchev–Trinajstić information content (AvgIpc) is 2.79. The quantitative estimate of drug-likeness (QED) is 0.359. The Labute approximate surface area is 174 Å². The molecular formula is C26H23NO3. The van der Waals surface area contributed by atoms with Gasteiger partial charge in [0.05, 0.1) is 0 Å². The first-order chi connectivity index (χ1) is 14.7. The molecule has 0 atom stereocenters. The number of piperidine rings is 1. The van der Waals surface area contributed by atoms with Crippen molar-refractivity contribution in [3.63, 3.8) is 0 Å². The van der Waals surface area contributed by atoms with Gasteiger partial charge in [0.1, 0.15) is 11.1 Å². The highest BCUT2D eigenvalue weighted by Gasteiger charge is 2.26. The molecule has 1 amide bonds. The van der Waals surface area contributed by atoms with Crippen LogP contribution in [0.3, 0.4) is 0 Å². The van der Waals surface area contributed by atoms with Crippen molar-refractivity contribution >= 4 is 27.6 Å². The fraction of sp³-hybridized carbons (Fsp3) is 0.231. The number of rotatable bonds is 3. The minimum Gasteiger partial charge on any atom is -0.422 e. The smallest absolute Gasteiger partial charge is 0.349 e. The van der Waals surface area contributed by atoms with Crippen molar-refractivity contribution in [1.29, 1.82) is 0 Å². The first kappa shape index (κ1) is 18.6. The van der Waals surface area contributed by atoms with Crippen molar-refractivity contribution in [1.82, 2.24) is 4.90 Å². The number of hydrogen-bond donors (Lipinski definition) is 0. The fourth-order valence-electron chi connectivity index (χ4n) is 4.48. The second-order valence-corrected chi connectivity index (χ2v) is 8.07. The molecular weight excluding hydrogens is 374 g/mol. The maximum Gasteiger partial charge on any atom is 0.349 e. The van der Waals surface area contributed by atoms with Gasteiger partial charge in [-0.3, -0.25) is 4.79 Å². The first-order valence-corrected chi connectivity index (χ1v) is 10.5. The summed E-state index contributed by atoms with van der Waals surface area (Å²) in [5, 5.41) is 2.84. The molecule has 4 aromatic rings. The first-order valence-electron chi connectivity index (χ1n) is 10.5. The number of hydrogen-bond acceptors (Lipinski definition) is 3. The molecule has 1 fully saturated rings. The summed E-state index contributed by atoms with van der Waals surface area (Å²) in [6.07, 6.45) is 2.93. The van der Waals surface area contributed by atoms with Crippen molar-refractivity contribution in [3.8, 4) is 0 Å². The molecule has 0 saturated carbocycles.